The van der Waals surface area contributed by atoms with Gasteiger partial charge < -0.3 is 30.0 Å². The first kappa shape index (κ1) is 25.8. The average Bonchev–Trinajstić information content (AvgIpc) is 2.73. The molecule has 2 aliphatic heterocycles. The number of rotatable bonds is 11. The maximum atomic E-state index is 12.6. The van der Waals surface area contributed by atoms with E-state index >= 15 is 0 Å². The van der Waals surface area contributed by atoms with E-state index in [1.807, 2.05) is 13.8 Å². The van der Waals surface area contributed by atoms with Crippen LogP contribution in [-0.4, -0.2) is 61.5 Å². The van der Waals surface area contributed by atoms with Crippen molar-refractivity contribution in [2.75, 3.05) is 33.0 Å². The van der Waals surface area contributed by atoms with Gasteiger partial charge in [-0.25, -0.2) is 0 Å². The lowest BCUT2D eigenvalue weighted by Crippen LogP contribution is -2.53. The summed E-state index contributed by atoms with van der Waals surface area (Å²) in [6.07, 6.45) is 7.15. The Morgan fingerprint density at radius 2 is 1.87 bits per heavy atom. The zero-order valence-electron chi connectivity index (χ0n) is 19.6. The van der Waals surface area contributed by atoms with E-state index in [0.717, 1.165) is 58.3 Å². The highest BCUT2D eigenvalue weighted by Crippen LogP contribution is 2.22. The van der Waals surface area contributed by atoms with Crippen LogP contribution in [0.1, 0.15) is 66.2 Å². The highest BCUT2D eigenvalue weighted by molar-refractivity contribution is 5.98. The summed E-state index contributed by atoms with van der Waals surface area (Å²) in [5.74, 6) is -0.0562. The Labute approximate surface area is 186 Å². The Kier molecular flexibility index (Phi) is 9.93. The van der Waals surface area contributed by atoms with Crippen molar-refractivity contribution >= 4 is 11.6 Å². The minimum atomic E-state index is -0.841. The molecule has 0 aromatic rings. The normalized spacial score (nSPS) is 21.7. The molecule has 31 heavy (non-hydrogen) atoms. The summed E-state index contributed by atoms with van der Waals surface area (Å²) in [5, 5.41) is 24.4. The zero-order valence-corrected chi connectivity index (χ0v) is 19.6. The fourth-order valence-electron chi connectivity index (χ4n) is 3.57. The summed E-state index contributed by atoms with van der Waals surface area (Å²) in [4.78, 5) is 12.6. The predicted octanol–water partition coefficient (Wildman–Crippen LogP) is 3.28. The summed E-state index contributed by atoms with van der Waals surface area (Å²) in [6, 6.07) is 0. The minimum absolute atomic E-state index is 0.173. The number of carbonyl (C=O) groups excluding carboxylic acids is 1. The van der Waals surface area contributed by atoms with Gasteiger partial charge in [-0.15, -0.1) is 0 Å². The molecule has 0 aromatic carbocycles. The third-order valence-corrected chi connectivity index (χ3v) is 6.05. The van der Waals surface area contributed by atoms with E-state index in [4.69, 9.17) is 19.6 Å². The Hall–Kier alpha value is -1.48. The van der Waals surface area contributed by atoms with Crippen molar-refractivity contribution in [2.24, 2.45) is 11.3 Å². The number of amides is 1. The zero-order chi connectivity index (χ0) is 22.9. The number of nitrogens with one attached hydrogen (secondary N) is 3. The van der Waals surface area contributed by atoms with Crippen LogP contribution in [-0.2, 0) is 19.0 Å². The monoisotopic (exact) mass is 439 g/mol. The summed E-state index contributed by atoms with van der Waals surface area (Å²) in [7, 11) is 0. The van der Waals surface area contributed by atoms with Crippen LogP contribution in [0, 0.1) is 16.7 Å². The van der Waals surface area contributed by atoms with Gasteiger partial charge in [0, 0.05) is 37.0 Å². The van der Waals surface area contributed by atoms with E-state index < -0.39 is 11.0 Å². The molecule has 2 aliphatic rings. The van der Waals surface area contributed by atoms with Gasteiger partial charge in [-0.1, -0.05) is 13.8 Å². The van der Waals surface area contributed by atoms with Gasteiger partial charge in [-0.05, 0) is 64.8 Å². The molecular formula is C23H41N3O5. The topological polar surface area (TPSA) is 113 Å². The molecule has 0 radical (unpaired) electrons. The Bertz CT molecular complexity index is 621. The first-order chi connectivity index (χ1) is 14.6. The van der Waals surface area contributed by atoms with Crippen LogP contribution in [0.25, 0.3) is 0 Å². The Balaban J connectivity index is 1.78. The van der Waals surface area contributed by atoms with Crippen molar-refractivity contribution in [3.63, 3.8) is 0 Å². The second-order valence-corrected chi connectivity index (χ2v) is 9.78. The molecule has 2 heterocycles. The van der Waals surface area contributed by atoms with Gasteiger partial charge in [0.2, 0.25) is 5.91 Å². The lowest BCUT2D eigenvalue weighted by molar-refractivity contribution is -0.171. The van der Waals surface area contributed by atoms with Crippen LogP contribution < -0.4 is 10.6 Å². The molecule has 1 amide bonds. The molecule has 0 bridgehead atoms. The highest BCUT2D eigenvalue weighted by Gasteiger charge is 2.29. The van der Waals surface area contributed by atoms with Crippen LogP contribution in [0.4, 0.5) is 0 Å². The average molecular weight is 440 g/mol. The molecule has 4 N–H and O–H groups in total. The number of hydrogen-bond acceptors (Lipinski definition) is 7. The van der Waals surface area contributed by atoms with Crippen molar-refractivity contribution in [2.45, 2.75) is 78.0 Å². The van der Waals surface area contributed by atoms with E-state index in [9.17, 15) is 9.90 Å². The molecular weight excluding hydrogens is 398 g/mol. The molecule has 1 atom stereocenters. The van der Waals surface area contributed by atoms with E-state index in [-0.39, 0.29) is 23.8 Å². The van der Waals surface area contributed by atoms with Gasteiger partial charge in [-0.3, -0.25) is 10.1 Å². The van der Waals surface area contributed by atoms with Gasteiger partial charge in [0.05, 0.1) is 12.1 Å². The summed E-state index contributed by atoms with van der Waals surface area (Å²) in [6.45, 7) is 10.7. The summed E-state index contributed by atoms with van der Waals surface area (Å²) >= 11 is 0. The lowest BCUT2D eigenvalue weighted by Gasteiger charge is -2.29. The van der Waals surface area contributed by atoms with Crippen molar-refractivity contribution in [1.82, 2.24) is 10.6 Å². The minimum Gasteiger partial charge on any atom is -0.494 e. The van der Waals surface area contributed by atoms with Gasteiger partial charge >= 0.3 is 0 Å². The fourth-order valence-corrected chi connectivity index (χ4v) is 3.57. The van der Waals surface area contributed by atoms with Crippen LogP contribution in [0.15, 0.2) is 12.0 Å². The SMILES string of the molecule is CC(C)(COC1CCCCO1)C(=N)/C=C(\O)NC(=O)C(C)(C)NCCC1CCOCC1. The first-order valence-corrected chi connectivity index (χ1v) is 11.5. The first-order valence-electron chi connectivity index (χ1n) is 11.5. The molecule has 8 nitrogen and oxygen atoms in total. The second-order valence-electron chi connectivity index (χ2n) is 9.78. The number of allylic oxidation sites excluding steroid dienone is 1. The third kappa shape index (κ3) is 8.88. The standard InChI is InChI=1S/C23H41N3O5/c1-22(2,16-31-20-7-5-6-12-30-20)18(24)15-19(27)26-21(28)23(3,4)25-11-8-17-9-13-29-14-10-17/h15,17,20,24-25,27H,5-14,16H2,1-4H3,(H,26,28)/b19-15-,24-18?. The molecule has 1 unspecified atom stereocenters. The summed E-state index contributed by atoms with van der Waals surface area (Å²) in [5.41, 5.74) is -1.30. The van der Waals surface area contributed by atoms with Crippen LogP contribution in [0.3, 0.4) is 0 Å². The van der Waals surface area contributed by atoms with Crippen molar-refractivity contribution in [3.8, 4) is 0 Å². The molecule has 0 spiro atoms. The van der Waals surface area contributed by atoms with Crippen molar-refractivity contribution in [3.05, 3.63) is 12.0 Å². The Morgan fingerprint density at radius 3 is 2.52 bits per heavy atom. The third-order valence-electron chi connectivity index (χ3n) is 6.05. The molecule has 178 valence electrons. The van der Waals surface area contributed by atoms with Gasteiger partial charge in [-0.2, -0.15) is 0 Å². The van der Waals surface area contributed by atoms with Crippen molar-refractivity contribution < 1.29 is 24.1 Å². The number of ether oxygens (including phenoxy) is 3. The fraction of sp³-hybridized carbons (Fsp3) is 0.826. The molecule has 0 aliphatic carbocycles. The summed E-state index contributed by atoms with van der Waals surface area (Å²) < 4.78 is 16.7. The molecule has 0 aromatic heterocycles. The van der Waals surface area contributed by atoms with E-state index in [0.29, 0.717) is 19.1 Å². The van der Waals surface area contributed by atoms with E-state index in [1.54, 1.807) is 13.8 Å². The largest absolute Gasteiger partial charge is 0.494 e. The highest BCUT2D eigenvalue weighted by atomic mass is 16.7. The maximum absolute atomic E-state index is 12.6. The van der Waals surface area contributed by atoms with Crippen LogP contribution in [0.5, 0.6) is 0 Å². The number of carbonyl (C=O) groups is 1. The number of hydrogen-bond donors (Lipinski definition) is 4. The lowest BCUT2D eigenvalue weighted by atomic mass is 9.88. The molecule has 8 heteroatoms. The second kappa shape index (κ2) is 11.9. The van der Waals surface area contributed by atoms with Gasteiger partial charge in [0.1, 0.15) is 0 Å². The van der Waals surface area contributed by atoms with Crippen molar-refractivity contribution in [1.29, 1.82) is 5.41 Å². The van der Waals surface area contributed by atoms with Crippen LogP contribution in [0.2, 0.25) is 0 Å². The molecule has 2 rings (SSSR count). The molecule has 2 fully saturated rings. The predicted molar refractivity (Wildman–Crippen MR) is 120 cm³/mol. The smallest absolute Gasteiger partial charge is 0.246 e. The van der Waals surface area contributed by atoms with E-state index in [1.165, 1.54) is 6.08 Å². The Morgan fingerprint density at radius 1 is 1.16 bits per heavy atom. The van der Waals surface area contributed by atoms with Gasteiger partial charge in [0.15, 0.2) is 12.2 Å². The molecule has 0 saturated carbocycles. The van der Waals surface area contributed by atoms with Gasteiger partial charge in [0.25, 0.3) is 0 Å². The van der Waals surface area contributed by atoms with Crippen LogP contribution >= 0.6 is 0 Å². The number of aliphatic hydroxyl groups excluding tert-OH is 1. The quantitative estimate of drug-likeness (QED) is 0.290. The number of aliphatic hydroxyl groups is 1. The molecule has 2 saturated heterocycles. The maximum Gasteiger partial charge on any atom is 0.246 e. The van der Waals surface area contributed by atoms with E-state index in [2.05, 4.69) is 10.6 Å².